The van der Waals surface area contributed by atoms with Crippen LogP contribution in [0.5, 0.6) is 0 Å². The van der Waals surface area contributed by atoms with E-state index in [1.165, 1.54) is 0 Å². The maximum Gasteiger partial charge on any atom is 0.139 e. The van der Waals surface area contributed by atoms with E-state index in [9.17, 15) is 0 Å². The summed E-state index contributed by atoms with van der Waals surface area (Å²) in [7, 11) is 0. The Morgan fingerprint density at radius 1 is 1.12 bits per heavy atom. The van der Waals surface area contributed by atoms with Gasteiger partial charge in [0.15, 0.2) is 0 Å². The van der Waals surface area contributed by atoms with Gasteiger partial charge in [-0.25, -0.2) is 9.97 Å². The number of aromatic nitrogens is 3. The Balaban J connectivity index is 0.000000509. The molecule has 0 bridgehead atoms. The highest BCUT2D eigenvalue weighted by Crippen LogP contribution is 2.12. The van der Waals surface area contributed by atoms with Crippen LogP contribution in [0.15, 0.2) is 24.8 Å². The fourth-order valence-corrected chi connectivity index (χ4v) is 1.14. The molecule has 0 aliphatic rings. The van der Waals surface area contributed by atoms with E-state index in [1.54, 1.807) is 12.5 Å². The van der Waals surface area contributed by atoms with Crippen molar-refractivity contribution in [3.63, 3.8) is 0 Å². The van der Waals surface area contributed by atoms with Gasteiger partial charge in [-0.1, -0.05) is 41.5 Å². The fraction of sp³-hybridized carbons (Fsp3) is 0.538. The van der Waals surface area contributed by atoms with E-state index in [2.05, 4.69) is 23.8 Å². The zero-order valence-electron chi connectivity index (χ0n) is 11.2. The van der Waals surface area contributed by atoms with Crippen molar-refractivity contribution in [3.05, 3.63) is 30.5 Å². The highest BCUT2D eigenvalue weighted by molar-refractivity contribution is 5.38. The van der Waals surface area contributed by atoms with E-state index in [0.29, 0.717) is 5.92 Å². The molecule has 0 unspecified atom stereocenters. The largest absolute Gasteiger partial charge is 0.290 e. The Kier molecular flexibility index (Phi) is 7.18. The average molecular weight is 221 g/mol. The van der Waals surface area contributed by atoms with Crippen molar-refractivity contribution in [2.45, 2.75) is 47.5 Å². The highest BCUT2D eigenvalue weighted by atomic mass is 15.0. The molecular weight excluding hydrogens is 198 g/mol. The molecule has 3 heteroatoms. The van der Waals surface area contributed by atoms with Gasteiger partial charge in [0.2, 0.25) is 0 Å². The van der Waals surface area contributed by atoms with Gasteiger partial charge in [-0.15, -0.1) is 0 Å². The lowest BCUT2D eigenvalue weighted by molar-refractivity contribution is 0.834. The lowest BCUT2D eigenvalue weighted by Gasteiger charge is -1.94. The standard InChI is InChI=1S/C9H11N3.2C2H6/c1-7(2)8-5-12-6-10-4-3-9(12)11-8;2*1-2/h3-7H,1-2H3;2*1-2H3. The summed E-state index contributed by atoms with van der Waals surface area (Å²) in [5.74, 6) is 0.477. The highest BCUT2D eigenvalue weighted by Gasteiger charge is 2.03. The average Bonchev–Trinajstić information content (AvgIpc) is 2.78. The van der Waals surface area contributed by atoms with Crippen molar-refractivity contribution in [2.75, 3.05) is 0 Å². The summed E-state index contributed by atoms with van der Waals surface area (Å²) in [6.45, 7) is 12.3. The first kappa shape index (κ1) is 14.6. The molecule has 2 rings (SSSR count). The lowest BCUT2D eigenvalue weighted by Crippen LogP contribution is -1.84. The molecule has 2 heterocycles. The number of fused-ring (bicyclic) bond motifs is 1. The Labute approximate surface area is 98.6 Å². The first-order chi connectivity index (χ1) is 7.77. The second kappa shape index (κ2) is 7.85. The smallest absolute Gasteiger partial charge is 0.139 e. The van der Waals surface area contributed by atoms with E-state index in [-0.39, 0.29) is 0 Å². The summed E-state index contributed by atoms with van der Waals surface area (Å²) in [5.41, 5.74) is 2.08. The maximum atomic E-state index is 4.44. The first-order valence-corrected chi connectivity index (χ1v) is 6.06. The monoisotopic (exact) mass is 221 g/mol. The van der Waals surface area contributed by atoms with Crippen LogP contribution in [0.3, 0.4) is 0 Å². The van der Waals surface area contributed by atoms with E-state index >= 15 is 0 Å². The van der Waals surface area contributed by atoms with E-state index < -0.39 is 0 Å². The van der Waals surface area contributed by atoms with E-state index in [0.717, 1.165) is 11.3 Å². The minimum absolute atomic E-state index is 0.477. The van der Waals surface area contributed by atoms with Crippen LogP contribution in [0.2, 0.25) is 0 Å². The van der Waals surface area contributed by atoms with Gasteiger partial charge in [0, 0.05) is 12.4 Å². The summed E-state index contributed by atoms with van der Waals surface area (Å²) < 4.78 is 1.94. The predicted octanol–water partition coefficient (Wildman–Crippen LogP) is 3.91. The molecule has 0 amide bonds. The van der Waals surface area contributed by atoms with Gasteiger partial charge in [0.1, 0.15) is 12.0 Å². The summed E-state index contributed by atoms with van der Waals surface area (Å²) in [6.07, 6.45) is 5.55. The molecule has 0 aromatic carbocycles. The van der Waals surface area contributed by atoms with Gasteiger partial charge in [-0.3, -0.25) is 4.40 Å². The Bertz CT molecular complexity index is 358. The molecule has 3 nitrogen and oxygen atoms in total. The second-order valence-electron chi connectivity index (χ2n) is 3.17. The SMILES string of the molecule is CC.CC.CC(C)c1cn2cnccc2n1. The van der Waals surface area contributed by atoms with Crippen LogP contribution in [0.1, 0.15) is 53.2 Å². The van der Waals surface area contributed by atoms with Crippen molar-refractivity contribution in [1.82, 2.24) is 14.4 Å². The zero-order chi connectivity index (χ0) is 12.6. The molecule has 0 radical (unpaired) electrons. The Morgan fingerprint density at radius 3 is 2.25 bits per heavy atom. The van der Waals surface area contributed by atoms with Crippen molar-refractivity contribution in [1.29, 1.82) is 0 Å². The summed E-state index contributed by atoms with van der Waals surface area (Å²) in [4.78, 5) is 8.44. The molecule has 16 heavy (non-hydrogen) atoms. The fourth-order valence-electron chi connectivity index (χ4n) is 1.14. The normalized spacial score (nSPS) is 9.19. The predicted molar refractivity (Wildman–Crippen MR) is 69.8 cm³/mol. The minimum atomic E-state index is 0.477. The quantitative estimate of drug-likeness (QED) is 0.731. The molecular formula is C13H23N3. The lowest BCUT2D eigenvalue weighted by atomic mass is 10.2. The summed E-state index contributed by atoms with van der Waals surface area (Å²) >= 11 is 0. The van der Waals surface area contributed by atoms with Gasteiger partial charge in [0.05, 0.1) is 5.69 Å². The van der Waals surface area contributed by atoms with Gasteiger partial charge >= 0.3 is 0 Å². The third kappa shape index (κ3) is 3.65. The molecule has 2 aromatic heterocycles. The Hall–Kier alpha value is -1.38. The van der Waals surface area contributed by atoms with Crippen LogP contribution in [0.4, 0.5) is 0 Å². The second-order valence-corrected chi connectivity index (χ2v) is 3.17. The topological polar surface area (TPSA) is 30.2 Å². The van der Waals surface area contributed by atoms with Crippen molar-refractivity contribution < 1.29 is 0 Å². The molecule has 0 saturated carbocycles. The molecule has 0 aliphatic carbocycles. The number of rotatable bonds is 1. The van der Waals surface area contributed by atoms with Gasteiger partial charge < -0.3 is 0 Å². The molecule has 0 saturated heterocycles. The molecule has 2 aromatic rings. The zero-order valence-corrected chi connectivity index (χ0v) is 11.2. The third-order valence-electron chi connectivity index (χ3n) is 1.87. The third-order valence-corrected chi connectivity index (χ3v) is 1.87. The van der Waals surface area contributed by atoms with Gasteiger partial charge in [-0.2, -0.15) is 0 Å². The summed E-state index contributed by atoms with van der Waals surface area (Å²) in [6, 6.07) is 1.91. The van der Waals surface area contributed by atoms with Gasteiger partial charge in [-0.05, 0) is 12.0 Å². The Morgan fingerprint density at radius 2 is 1.75 bits per heavy atom. The number of imidazole rings is 1. The van der Waals surface area contributed by atoms with Crippen molar-refractivity contribution in [2.24, 2.45) is 0 Å². The molecule has 0 atom stereocenters. The maximum absolute atomic E-state index is 4.44. The van der Waals surface area contributed by atoms with Crippen LogP contribution in [0, 0.1) is 0 Å². The number of hydrogen-bond acceptors (Lipinski definition) is 2. The molecule has 0 aliphatic heterocycles. The molecule has 0 spiro atoms. The molecule has 0 N–H and O–H groups in total. The van der Waals surface area contributed by atoms with Crippen LogP contribution in [0.25, 0.3) is 5.65 Å². The van der Waals surface area contributed by atoms with Crippen LogP contribution < -0.4 is 0 Å². The summed E-state index contributed by atoms with van der Waals surface area (Å²) in [5, 5.41) is 0. The van der Waals surface area contributed by atoms with Gasteiger partial charge in [0.25, 0.3) is 0 Å². The number of nitrogens with zero attached hydrogens (tertiary/aromatic N) is 3. The van der Waals surface area contributed by atoms with E-state index in [1.807, 2.05) is 44.4 Å². The van der Waals surface area contributed by atoms with Crippen molar-refractivity contribution in [3.8, 4) is 0 Å². The molecule has 0 fully saturated rings. The molecule has 90 valence electrons. The van der Waals surface area contributed by atoms with Crippen LogP contribution in [-0.4, -0.2) is 14.4 Å². The first-order valence-electron chi connectivity index (χ1n) is 6.06. The number of hydrogen-bond donors (Lipinski definition) is 0. The van der Waals surface area contributed by atoms with Crippen molar-refractivity contribution >= 4 is 5.65 Å². The van der Waals surface area contributed by atoms with Crippen LogP contribution in [-0.2, 0) is 0 Å². The van der Waals surface area contributed by atoms with Crippen LogP contribution >= 0.6 is 0 Å². The van der Waals surface area contributed by atoms with E-state index in [4.69, 9.17) is 0 Å². The minimum Gasteiger partial charge on any atom is -0.290 e.